The predicted octanol–water partition coefficient (Wildman–Crippen LogP) is 2.49. The molecule has 1 aliphatic heterocycles. The van der Waals surface area contributed by atoms with Crippen LogP contribution in [0.4, 0.5) is 0 Å². The van der Waals surface area contributed by atoms with Crippen molar-refractivity contribution in [3.8, 4) is 11.8 Å². The Kier molecular flexibility index (Phi) is 4.41. The van der Waals surface area contributed by atoms with Gasteiger partial charge in [-0.05, 0) is 43.6 Å². The molecular weight excluding hydrogens is 222 g/mol. The molecule has 1 aliphatic rings. The number of rotatable bonds is 2. The lowest BCUT2D eigenvalue weighted by molar-refractivity contribution is -0.126. The molecule has 1 heterocycles. The van der Waals surface area contributed by atoms with E-state index in [9.17, 15) is 4.79 Å². The first-order valence-corrected chi connectivity index (χ1v) is 6.55. The minimum atomic E-state index is -0.0179. The van der Waals surface area contributed by atoms with Crippen molar-refractivity contribution < 1.29 is 4.79 Å². The fraction of sp³-hybridized carbons (Fsp3) is 0.438. The third kappa shape index (κ3) is 3.37. The van der Waals surface area contributed by atoms with Gasteiger partial charge >= 0.3 is 0 Å². The van der Waals surface area contributed by atoms with Crippen LogP contribution in [0.25, 0.3) is 0 Å². The van der Waals surface area contributed by atoms with Gasteiger partial charge in [-0.2, -0.15) is 0 Å². The minimum Gasteiger partial charge on any atom is -0.332 e. The Morgan fingerprint density at radius 1 is 1.28 bits per heavy atom. The Hall–Kier alpha value is -1.75. The fourth-order valence-corrected chi connectivity index (χ4v) is 2.47. The van der Waals surface area contributed by atoms with Crippen LogP contribution >= 0.6 is 0 Å². The smallest absolute Gasteiger partial charge is 0.298 e. The van der Waals surface area contributed by atoms with Crippen molar-refractivity contribution in [1.29, 1.82) is 0 Å². The lowest BCUT2D eigenvalue weighted by Gasteiger charge is -2.30. The standard InChI is InChI=1S/C16H19NO/c1-2-6-16(18)17-11-9-15(10-12-17)13-14-7-4-3-5-8-14/h3-5,7-8,15H,9-13H2,1H3. The van der Waals surface area contributed by atoms with Gasteiger partial charge in [-0.3, -0.25) is 4.79 Å². The van der Waals surface area contributed by atoms with E-state index in [2.05, 4.69) is 36.1 Å². The number of hydrogen-bond donors (Lipinski definition) is 0. The molecule has 1 fully saturated rings. The molecule has 1 aromatic carbocycles. The van der Waals surface area contributed by atoms with Crippen LogP contribution in [0.3, 0.4) is 0 Å². The molecule has 18 heavy (non-hydrogen) atoms. The Balaban J connectivity index is 1.83. The molecule has 0 bridgehead atoms. The summed E-state index contributed by atoms with van der Waals surface area (Å²) in [7, 11) is 0. The molecule has 0 N–H and O–H groups in total. The van der Waals surface area contributed by atoms with E-state index in [1.165, 1.54) is 5.56 Å². The summed E-state index contributed by atoms with van der Waals surface area (Å²) in [6.45, 7) is 3.41. The summed E-state index contributed by atoms with van der Waals surface area (Å²) in [6, 6.07) is 10.6. The Bertz CT molecular complexity index is 447. The van der Waals surface area contributed by atoms with Gasteiger partial charge in [0.1, 0.15) is 0 Å². The quantitative estimate of drug-likeness (QED) is 0.728. The van der Waals surface area contributed by atoms with E-state index in [0.717, 1.165) is 32.4 Å². The SMILES string of the molecule is CC#CC(=O)N1CCC(Cc2ccccc2)CC1. The third-order valence-electron chi connectivity index (χ3n) is 3.50. The molecule has 94 valence electrons. The maximum atomic E-state index is 11.6. The first-order valence-electron chi connectivity index (χ1n) is 6.55. The van der Waals surface area contributed by atoms with Gasteiger partial charge in [-0.1, -0.05) is 36.3 Å². The van der Waals surface area contributed by atoms with E-state index in [1.54, 1.807) is 6.92 Å². The van der Waals surface area contributed by atoms with Crippen LogP contribution in [0.2, 0.25) is 0 Å². The molecule has 0 aromatic heterocycles. The molecule has 1 amide bonds. The zero-order chi connectivity index (χ0) is 12.8. The highest BCUT2D eigenvalue weighted by molar-refractivity contribution is 5.93. The highest BCUT2D eigenvalue weighted by Gasteiger charge is 2.21. The summed E-state index contributed by atoms with van der Waals surface area (Å²) in [6.07, 6.45) is 3.31. The highest BCUT2D eigenvalue weighted by atomic mass is 16.2. The molecule has 0 saturated carbocycles. The van der Waals surface area contributed by atoms with Crippen molar-refractivity contribution in [2.45, 2.75) is 26.2 Å². The van der Waals surface area contributed by atoms with Gasteiger partial charge < -0.3 is 4.90 Å². The largest absolute Gasteiger partial charge is 0.332 e. The van der Waals surface area contributed by atoms with Crippen molar-refractivity contribution in [3.63, 3.8) is 0 Å². The van der Waals surface area contributed by atoms with Gasteiger partial charge in [0.05, 0.1) is 0 Å². The Morgan fingerprint density at radius 2 is 1.94 bits per heavy atom. The fourth-order valence-electron chi connectivity index (χ4n) is 2.47. The van der Waals surface area contributed by atoms with Crippen molar-refractivity contribution in [2.24, 2.45) is 5.92 Å². The van der Waals surface area contributed by atoms with E-state index in [-0.39, 0.29) is 5.91 Å². The summed E-state index contributed by atoms with van der Waals surface area (Å²) in [5, 5.41) is 0. The molecule has 0 radical (unpaired) electrons. The van der Waals surface area contributed by atoms with Crippen LogP contribution in [0.1, 0.15) is 25.3 Å². The van der Waals surface area contributed by atoms with Crippen LogP contribution in [0.5, 0.6) is 0 Å². The molecule has 2 heteroatoms. The van der Waals surface area contributed by atoms with Crippen molar-refractivity contribution >= 4 is 5.91 Å². The van der Waals surface area contributed by atoms with E-state index < -0.39 is 0 Å². The summed E-state index contributed by atoms with van der Waals surface area (Å²) in [5.74, 6) is 5.97. The monoisotopic (exact) mass is 241 g/mol. The Morgan fingerprint density at radius 3 is 2.56 bits per heavy atom. The zero-order valence-corrected chi connectivity index (χ0v) is 10.9. The maximum absolute atomic E-state index is 11.6. The van der Waals surface area contributed by atoms with Crippen LogP contribution in [-0.2, 0) is 11.2 Å². The number of carbonyl (C=O) groups is 1. The van der Waals surface area contributed by atoms with E-state index >= 15 is 0 Å². The molecule has 1 saturated heterocycles. The molecule has 2 nitrogen and oxygen atoms in total. The normalized spacial score (nSPS) is 15.9. The van der Waals surface area contributed by atoms with Crippen LogP contribution < -0.4 is 0 Å². The molecule has 0 aliphatic carbocycles. The summed E-state index contributed by atoms with van der Waals surface area (Å²) < 4.78 is 0. The average Bonchev–Trinajstić information content (AvgIpc) is 2.41. The van der Waals surface area contributed by atoms with Gasteiger partial charge in [-0.25, -0.2) is 0 Å². The predicted molar refractivity (Wildman–Crippen MR) is 72.9 cm³/mol. The number of piperidine rings is 1. The summed E-state index contributed by atoms with van der Waals surface area (Å²) in [4.78, 5) is 13.5. The second kappa shape index (κ2) is 6.26. The van der Waals surface area contributed by atoms with E-state index in [0.29, 0.717) is 5.92 Å². The topological polar surface area (TPSA) is 20.3 Å². The number of hydrogen-bond acceptors (Lipinski definition) is 1. The first kappa shape index (κ1) is 12.7. The number of nitrogens with zero attached hydrogens (tertiary/aromatic N) is 1. The summed E-state index contributed by atoms with van der Waals surface area (Å²) >= 11 is 0. The van der Waals surface area contributed by atoms with Gasteiger partial charge in [0.15, 0.2) is 0 Å². The minimum absolute atomic E-state index is 0.0179. The lowest BCUT2D eigenvalue weighted by atomic mass is 9.90. The van der Waals surface area contributed by atoms with Gasteiger partial charge in [0.25, 0.3) is 5.91 Å². The first-order chi connectivity index (χ1) is 8.79. The molecule has 0 spiro atoms. The van der Waals surface area contributed by atoms with Crippen LogP contribution in [0.15, 0.2) is 30.3 Å². The maximum Gasteiger partial charge on any atom is 0.298 e. The van der Waals surface area contributed by atoms with Gasteiger partial charge in [-0.15, -0.1) is 0 Å². The summed E-state index contributed by atoms with van der Waals surface area (Å²) in [5.41, 5.74) is 1.40. The number of likely N-dealkylation sites (tertiary alicyclic amines) is 1. The van der Waals surface area contributed by atoms with Gasteiger partial charge in [0, 0.05) is 13.1 Å². The molecule has 2 rings (SSSR count). The third-order valence-corrected chi connectivity index (χ3v) is 3.50. The van der Waals surface area contributed by atoms with Gasteiger partial charge in [0.2, 0.25) is 0 Å². The molecule has 0 unspecified atom stereocenters. The van der Waals surface area contributed by atoms with E-state index in [1.807, 2.05) is 11.0 Å². The molecular formula is C16H19NO. The van der Waals surface area contributed by atoms with E-state index in [4.69, 9.17) is 0 Å². The molecule has 1 aromatic rings. The van der Waals surface area contributed by atoms with Crippen LogP contribution in [-0.4, -0.2) is 23.9 Å². The zero-order valence-electron chi connectivity index (χ0n) is 10.9. The van der Waals surface area contributed by atoms with Crippen molar-refractivity contribution in [3.05, 3.63) is 35.9 Å². The van der Waals surface area contributed by atoms with Crippen molar-refractivity contribution in [1.82, 2.24) is 4.90 Å². The van der Waals surface area contributed by atoms with Crippen LogP contribution in [0, 0.1) is 17.8 Å². The second-order valence-corrected chi connectivity index (χ2v) is 4.80. The number of amides is 1. The second-order valence-electron chi connectivity index (χ2n) is 4.80. The Labute approximate surface area is 109 Å². The lowest BCUT2D eigenvalue weighted by Crippen LogP contribution is -2.38. The number of benzene rings is 1. The average molecular weight is 241 g/mol. The number of carbonyl (C=O) groups excluding carboxylic acids is 1. The highest BCUT2D eigenvalue weighted by Crippen LogP contribution is 2.21. The van der Waals surface area contributed by atoms with Crippen molar-refractivity contribution in [2.75, 3.05) is 13.1 Å². The molecule has 0 atom stereocenters.